The van der Waals surface area contributed by atoms with Crippen molar-refractivity contribution < 1.29 is 9.59 Å². The molecule has 150 valence electrons. The highest BCUT2D eigenvalue weighted by atomic mass is 35.5. The van der Waals surface area contributed by atoms with E-state index < -0.39 is 6.04 Å². The topological polar surface area (TPSA) is 49.4 Å². The summed E-state index contributed by atoms with van der Waals surface area (Å²) >= 11 is 18.0. The SMILES string of the molecule is CCCNC(=O)[C@@H](C)N(Cc1ccc(Cl)c(Cl)c1)C(=O)Cc1ccc(Cl)cc1. The van der Waals surface area contributed by atoms with Crippen LogP contribution in [0.4, 0.5) is 0 Å². The first kappa shape index (κ1) is 22.5. The van der Waals surface area contributed by atoms with Gasteiger partial charge in [0, 0.05) is 18.1 Å². The van der Waals surface area contributed by atoms with E-state index in [1.807, 2.05) is 6.92 Å². The van der Waals surface area contributed by atoms with Crippen LogP contribution in [0.5, 0.6) is 0 Å². The molecule has 0 aliphatic heterocycles. The van der Waals surface area contributed by atoms with Crippen molar-refractivity contribution in [2.75, 3.05) is 6.54 Å². The van der Waals surface area contributed by atoms with Crippen LogP contribution in [0.1, 0.15) is 31.4 Å². The zero-order valence-corrected chi connectivity index (χ0v) is 18.1. The maximum Gasteiger partial charge on any atom is 0.242 e. The first-order chi connectivity index (χ1) is 13.3. The Hall–Kier alpha value is -1.75. The molecule has 0 saturated carbocycles. The molecular formula is C21H23Cl3N2O2. The smallest absolute Gasteiger partial charge is 0.242 e. The zero-order chi connectivity index (χ0) is 20.7. The highest BCUT2D eigenvalue weighted by Crippen LogP contribution is 2.24. The summed E-state index contributed by atoms with van der Waals surface area (Å²) < 4.78 is 0. The Balaban J connectivity index is 2.22. The van der Waals surface area contributed by atoms with Crippen molar-refractivity contribution in [3.63, 3.8) is 0 Å². The Morgan fingerprint density at radius 1 is 1.00 bits per heavy atom. The van der Waals surface area contributed by atoms with Gasteiger partial charge in [-0.3, -0.25) is 9.59 Å². The van der Waals surface area contributed by atoms with Crippen LogP contribution >= 0.6 is 34.8 Å². The molecule has 2 aromatic carbocycles. The van der Waals surface area contributed by atoms with E-state index in [2.05, 4.69) is 5.32 Å². The molecule has 0 saturated heterocycles. The second kappa shape index (κ2) is 10.7. The number of benzene rings is 2. The molecule has 2 rings (SSSR count). The molecular weight excluding hydrogens is 419 g/mol. The lowest BCUT2D eigenvalue weighted by atomic mass is 10.1. The first-order valence-electron chi connectivity index (χ1n) is 9.07. The summed E-state index contributed by atoms with van der Waals surface area (Å²) in [5.41, 5.74) is 1.63. The summed E-state index contributed by atoms with van der Waals surface area (Å²) in [7, 11) is 0. The molecule has 0 fully saturated rings. The molecule has 1 N–H and O–H groups in total. The fraction of sp³-hybridized carbons (Fsp3) is 0.333. The summed E-state index contributed by atoms with van der Waals surface area (Å²) in [6.07, 6.45) is 0.994. The monoisotopic (exact) mass is 440 g/mol. The maximum absolute atomic E-state index is 13.0. The van der Waals surface area contributed by atoms with Gasteiger partial charge in [-0.25, -0.2) is 0 Å². The van der Waals surface area contributed by atoms with Crippen molar-refractivity contribution in [2.24, 2.45) is 0 Å². The van der Waals surface area contributed by atoms with Gasteiger partial charge in [-0.05, 0) is 48.7 Å². The second-order valence-electron chi connectivity index (χ2n) is 6.54. The molecule has 28 heavy (non-hydrogen) atoms. The van der Waals surface area contributed by atoms with Crippen LogP contribution in [-0.4, -0.2) is 29.3 Å². The van der Waals surface area contributed by atoms with Crippen LogP contribution in [0.25, 0.3) is 0 Å². The van der Waals surface area contributed by atoms with Crippen LogP contribution in [0.3, 0.4) is 0 Å². The third-order valence-corrected chi connectivity index (χ3v) is 5.31. The van der Waals surface area contributed by atoms with Gasteiger partial charge < -0.3 is 10.2 Å². The first-order valence-corrected chi connectivity index (χ1v) is 10.2. The molecule has 0 unspecified atom stereocenters. The molecule has 2 amide bonds. The van der Waals surface area contributed by atoms with Gasteiger partial charge in [-0.1, -0.05) is 59.9 Å². The molecule has 4 nitrogen and oxygen atoms in total. The summed E-state index contributed by atoms with van der Waals surface area (Å²) in [5, 5.41) is 4.31. The van der Waals surface area contributed by atoms with E-state index >= 15 is 0 Å². The molecule has 0 aliphatic carbocycles. The van der Waals surface area contributed by atoms with Crippen molar-refractivity contribution in [3.8, 4) is 0 Å². The van der Waals surface area contributed by atoms with Crippen molar-refractivity contribution in [1.29, 1.82) is 0 Å². The van der Waals surface area contributed by atoms with Crippen LogP contribution < -0.4 is 5.32 Å². The largest absolute Gasteiger partial charge is 0.354 e. The number of nitrogens with zero attached hydrogens (tertiary/aromatic N) is 1. The predicted octanol–water partition coefficient (Wildman–Crippen LogP) is 5.13. The third kappa shape index (κ3) is 6.40. The van der Waals surface area contributed by atoms with Gasteiger partial charge in [0.2, 0.25) is 11.8 Å². The number of halogens is 3. The van der Waals surface area contributed by atoms with E-state index in [0.29, 0.717) is 21.6 Å². The highest BCUT2D eigenvalue weighted by molar-refractivity contribution is 6.42. The average molecular weight is 442 g/mol. The van der Waals surface area contributed by atoms with Gasteiger partial charge in [0.1, 0.15) is 6.04 Å². The molecule has 0 bridgehead atoms. The molecule has 0 spiro atoms. The highest BCUT2D eigenvalue weighted by Gasteiger charge is 2.26. The molecule has 0 radical (unpaired) electrons. The number of amides is 2. The Bertz CT molecular complexity index is 825. The Labute approximate surface area is 180 Å². The van der Waals surface area contributed by atoms with Crippen molar-refractivity contribution >= 4 is 46.6 Å². The summed E-state index contributed by atoms with van der Waals surface area (Å²) in [5.74, 6) is -0.348. The van der Waals surface area contributed by atoms with Gasteiger partial charge in [-0.2, -0.15) is 0 Å². The molecule has 0 aromatic heterocycles. The van der Waals surface area contributed by atoms with Crippen LogP contribution in [0, 0.1) is 0 Å². The minimum Gasteiger partial charge on any atom is -0.354 e. The van der Waals surface area contributed by atoms with E-state index in [4.69, 9.17) is 34.8 Å². The van der Waals surface area contributed by atoms with Gasteiger partial charge in [0.25, 0.3) is 0 Å². The number of hydrogen-bond donors (Lipinski definition) is 1. The summed E-state index contributed by atoms with van der Waals surface area (Å²) in [4.78, 5) is 27.1. The van der Waals surface area contributed by atoms with Crippen molar-refractivity contribution in [2.45, 2.75) is 39.3 Å². The number of carbonyl (C=O) groups excluding carboxylic acids is 2. The Kier molecular flexibility index (Phi) is 8.61. The summed E-state index contributed by atoms with van der Waals surface area (Å²) in [6, 6.07) is 11.7. The fourth-order valence-electron chi connectivity index (χ4n) is 2.69. The lowest BCUT2D eigenvalue weighted by molar-refractivity contribution is -0.140. The maximum atomic E-state index is 13.0. The molecule has 2 aromatic rings. The van der Waals surface area contributed by atoms with E-state index in [1.165, 1.54) is 0 Å². The van der Waals surface area contributed by atoms with Gasteiger partial charge in [0.15, 0.2) is 0 Å². The van der Waals surface area contributed by atoms with E-state index in [-0.39, 0.29) is 24.8 Å². The van der Waals surface area contributed by atoms with Crippen molar-refractivity contribution in [1.82, 2.24) is 10.2 Å². The lowest BCUT2D eigenvalue weighted by Gasteiger charge is -2.29. The summed E-state index contributed by atoms with van der Waals surface area (Å²) in [6.45, 7) is 4.52. The van der Waals surface area contributed by atoms with E-state index in [1.54, 1.807) is 54.3 Å². The fourth-order valence-corrected chi connectivity index (χ4v) is 3.14. The number of nitrogens with one attached hydrogen (secondary N) is 1. The zero-order valence-electron chi connectivity index (χ0n) is 15.8. The standard InChI is InChI=1S/C21H23Cl3N2O2/c1-3-10-25-21(28)14(2)26(13-16-6-9-18(23)19(24)11-16)20(27)12-15-4-7-17(22)8-5-15/h4-9,11,14H,3,10,12-13H2,1-2H3,(H,25,28)/t14-/m1/s1. The Morgan fingerprint density at radius 3 is 2.25 bits per heavy atom. The molecule has 0 heterocycles. The van der Waals surface area contributed by atoms with Crippen LogP contribution in [-0.2, 0) is 22.6 Å². The molecule has 1 atom stereocenters. The molecule has 0 aliphatic rings. The quantitative estimate of drug-likeness (QED) is 0.617. The number of rotatable bonds is 8. The van der Waals surface area contributed by atoms with Gasteiger partial charge in [-0.15, -0.1) is 0 Å². The van der Waals surface area contributed by atoms with Crippen LogP contribution in [0.15, 0.2) is 42.5 Å². The van der Waals surface area contributed by atoms with E-state index in [0.717, 1.165) is 17.5 Å². The van der Waals surface area contributed by atoms with Crippen molar-refractivity contribution in [3.05, 3.63) is 68.7 Å². The average Bonchev–Trinajstić information content (AvgIpc) is 2.68. The van der Waals surface area contributed by atoms with Gasteiger partial charge in [0.05, 0.1) is 16.5 Å². The minimum atomic E-state index is -0.624. The third-order valence-electron chi connectivity index (χ3n) is 4.32. The predicted molar refractivity (Wildman–Crippen MR) is 115 cm³/mol. The number of hydrogen-bond acceptors (Lipinski definition) is 2. The number of carbonyl (C=O) groups is 2. The lowest BCUT2D eigenvalue weighted by Crippen LogP contribution is -2.48. The Morgan fingerprint density at radius 2 is 1.64 bits per heavy atom. The second-order valence-corrected chi connectivity index (χ2v) is 7.79. The normalized spacial score (nSPS) is 11.8. The van der Waals surface area contributed by atoms with Crippen LogP contribution in [0.2, 0.25) is 15.1 Å². The van der Waals surface area contributed by atoms with E-state index in [9.17, 15) is 9.59 Å². The molecule has 7 heteroatoms. The minimum absolute atomic E-state index is 0.160. The van der Waals surface area contributed by atoms with Gasteiger partial charge >= 0.3 is 0 Å².